The van der Waals surface area contributed by atoms with Gasteiger partial charge in [-0.25, -0.2) is 18.2 Å². The van der Waals surface area contributed by atoms with Crippen LogP contribution in [0, 0.1) is 6.92 Å². The first-order chi connectivity index (χ1) is 17.7. The van der Waals surface area contributed by atoms with Gasteiger partial charge in [0.2, 0.25) is 0 Å². The highest BCUT2D eigenvalue weighted by molar-refractivity contribution is 7.90. The van der Waals surface area contributed by atoms with Crippen molar-refractivity contribution in [2.24, 2.45) is 0 Å². The van der Waals surface area contributed by atoms with E-state index >= 15 is 0 Å². The van der Waals surface area contributed by atoms with Gasteiger partial charge in [-0.2, -0.15) is 0 Å². The Labute approximate surface area is 222 Å². The van der Waals surface area contributed by atoms with Gasteiger partial charge in [-0.05, 0) is 62.2 Å². The fraction of sp³-hybridized carbons (Fsp3) is 0.346. The number of benzene rings is 2. The van der Waals surface area contributed by atoms with E-state index in [1.54, 1.807) is 41.4 Å². The minimum absolute atomic E-state index is 0.00371. The van der Waals surface area contributed by atoms with Crippen LogP contribution in [0.15, 0.2) is 59.6 Å². The molecular formula is C26H29ClN6O3S. The molecule has 2 amide bonds. The second-order valence-corrected chi connectivity index (χ2v) is 11.9. The van der Waals surface area contributed by atoms with E-state index < -0.39 is 9.84 Å². The number of rotatable bonds is 6. The van der Waals surface area contributed by atoms with Gasteiger partial charge in [0.25, 0.3) is 0 Å². The first kappa shape index (κ1) is 25.3. The third-order valence-corrected chi connectivity index (χ3v) is 8.17. The molecule has 0 saturated carbocycles. The van der Waals surface area contributed by atoms with Crippen molar-refractivity contribution in [2.75, 3.05) is 47.6 Å². The van der Waals surface area contributed by atoms with Crippen LogP contribution >= 0.6 is 11.6 Å². The van der Waals surface area contributed by atoms with Crippen LogP contribution in [0.1, 0.15) is 18.5 Å². The molecule has 37 heavy (non-hydrogen) atoms. The summed E-state index contributed by atoms with van der Waals surface area (Å²) in [6, 6.07) is 14.0. The van der Waals surface area contributed by atoms with Crippen LogP contribution in [-0.4, -0.2) is 67.8 Å². The molecule has 9 nitrogen and oxygen atoms in total. The predicted octanol–water partition coefficient (Wildman–Crippen LogP) is 4.50. The van der Waals surface area contributed by atoms with Crippen molar-refractivity contribution in [3.63, 3.8) is 0 Å². The topological polar surface area (TPSA) is 98.7 Å². The van der Waals surface area contributed by atoms with Gasteiger partial charge in [0, 0.05) is 48.8 Å². The Bertz CT molecular complexity index is 1420. The van der Waals surface area contributed by atoms with E-state index in [1.165, 1.54) is 6.26 Å². The molecule has 3 heterocycles. The first-order valence-corrected chi connectivity index (χ1v) is 14.5. The van der Waals surface area contributed by atoms with Crippen LogP contribution in [0.2, 0.25) is 5.02 Å². The van der Waals surface area contributed by atoms with Crippen molar-refractivity contribution in [3.05, 3.63) is 65.4 Å². The van der Waals surface area contributed by atoms with Crippen LogP contribution in [0.25, 0.3) is 0 Å². The molecule has 1 N–H and O–H groups in total. The molecule has 0 spiro atoms. The molecule has 2 saturated heterocycles. The number of hydrogen-bond acceptors (Lipinski definition) is 7. The first-order valence-electron chi connectivity index (χ1n) is 12.2. The van der Waals surface area contributed by atoms with E-state index in [1.807, 2.05) is 30.0 Å². The summed E-state index contributed by atoms with van der Waals surface area (Å²) in [5, 5.41) is 3.87. The highest BCUT2D eigenvalue weighted by Crippen LogP contribution is 2.29. The molecule has 1 atom stereocenters. The summed E-state index contributed by atoms with van der Waals surface area (Å²) in [5.41, 5.74) is 2.27. The van der Waals surface area contributed by atoms with Gasteiger partial charge in [0.05, 0.1) is 22.8 Å². The fourth-order valence-electron chi connectivity index (χ4n) is 4.83. The molecule has 0 aliphatic carbocycles. The van der Waals surface area contributed by atoms with Crippen molar-refractivity contribution in [2.45, 2.75) is 30.7 Å². The number of aryl methyl sites for hydroxylation is 1. The molecule has 1 aromatic heterocycles. The summed E-state index contributed by atoms with van der Waals surface area (Å²) in [6.07, 6.45) is 4.82. The number of carbonyl (C=O) groups excluding carboxylic acids is 1. The van der Waals surface area contributed by atoms with Crippen LogP contribution in [-0.2, 0) is 9.84 Å². The Morgan fingerprint density at radius 3 is 2.59 bits per heavy atom. The highest BCUT2D eigenvalue weighted by atomic mass is 35.5. The Kier molecular flexibility index (Phi) is 6.96. The van der Waals surface area contributed by atoms with Gasteiger partial charge >= 0.3 is 6.03 Å². The minimum atomic E-state index is -3.26. The van der Waals surface area contributed by atoms with Gasteiger partial charge in [-0.3, -0.25) is 9.88 Å². The molecule has 5 rings (SSSR count). The number of aromatic nitrogens is 2. The summed E-state index contributed by atoms with van der Waals surface area (Å²) in [6.45, 7) is 4.67. The number of amides is 2. The number of urea groups is 1. The molecule has 2 fully saturated rings. The maximum absolute atomic E-state index is 13.3. The molecule has 2 aliphatic heterocycles. The van der Waals surface area contributed by atoms with Crippen molar-refractivity contribution in [1.82, 2.24) is 14.9 Å². The minimum Gasteiger partial charge on any atom is -0.353 e. The smallest absolute Gasteiger partial charge is 0.324 e. The molecule has 2 aliphatic rings. The highest BCUT2D eigenvalue weighted by Gasteiger charge is 2.36. The van der Waals surface area contributed by atoms with E-state index in [2.05, 4.69) is 15.2 Å². The van der Waals surface area contributed by atoms with Gasteiger partial charge in [0.15, 0.2) is 15.7 Å². The second kappa shape index (κ2) is 10.2. The SMILES string of the molecule is Cc1ncc(N2CCC[C@@H](N3CCN(c4cccc(Cl)c4)C3=O)C2)nc1Nc1ccc(S(C)(=O)=O)cc1. The van der Waals surface area contributed by atoms with Crippen molar-refractivity contribution in [3.8, 4) is 0 Å². The number of halogens is 1. The molecule has 194 valence electrons. The molecule has 0 radical (unpaired) electrons. The molecule has 11 heteroatoms. The largest absolute Gasteiger partial charge is 0.353 e. The van der Waals surface area contributed by atoms with Crippen molar-refractivity contribution < 1.29 is 13.2 Å². The summed E-state index contributed by atoms with van der Waals surface area (Å²) in [5.74, 6) is 1.35. The van der Waals surface area contributed by atoms with Gasteiger partial charge in [-0.1, -0.05) is 17.7 Å². The van der Waals surface area contributed by atoms with Crippen LogP contribution in [0.4, 0.5) is 27.8 Å². The lowest BCUT2D eigenvalue weighted by Crippen LogP contribution is -2.49. The lowest BCUT2D eigenvalue weighted by Gasteiger charge is -2.38. The number of hydrogen-bond donors (Lipinski definition) is 1. The Morgan fingerprint density at radius 1 is 1.08 bits per heavy atom. The van der Waals surface area contributed by atoms with E-state index in [4.69, 9.17) is 16.6 Å². The normalized spacial score (nSPS) is 18.4. The van der Waals surface area contributed by atoms with Gasteiger partial charge in [-0.15, -0.1) is 0 Å². The van der Waals surface area contributed by atoms with Crippen LogP contribution in [0.5, 0.6) is 0 Å². The lowest BCUT2D eigenvalue weighted by molar-refractivity contribution is 0.192. The summed E-state index contributed by atoms with van der Waals surface area (Å²) < 4.78 is 23.5. The number of sulfone groups is 1. The number of nitrogens with zero attached hydrogens (tertiary/aromatic N) is 5. The Balaban J connectivity index is 1.29. The zero-order valence-electron chi connectivity index (χ0n) is 20.8. The summed E-state index contributed by atoms with van der Waals surface area (Å²) >= 11 is 6.14. The maximum Gasteiger partial charge on any atom is 0.324 e. The van der Waals surface area contributed by atoms with Crippen LogP contribution in [0.3, 0.4) is 0 Å². The number of nitrogens with one attached hydrogen (secondary N) is 1. The second-order valence-electron chi connectivity index (χ2n) is 9.43. The Hall–Kier alpha value is -3.37. The molecule has 0 bridgehead atoms. The quantitative estimate of drug-likeness (QED) is 0.491. The molecule has 0 unspecified atom stereocenters. The number of piperidine rings is 1. The standard InChI is InChI=1S/C26H29ClN6O3S/c1-18-25(29-20-8-10-23(11-9-20)37(2,35)36)30-24(16-28-18)31-12-4-7-22(17-31)33-14-13-32(26(33)34)21-6-3-5-19(27)15-21/h3,5-6,8-11,15-16,22H,4,7,12-14,17H2,1-2H3,(H,29,30)/t22-/m1/s1. The van der Waals surface area contributed by atoms with Gasteiger partial charge in [0.1, 0.15) is 5.82 Å². The van der Waals surface area contributed by atoms with E-state index in [0.29, 0.717) is 30.5 Å². The lowest BCUT2D eigenvalue weighted by atomic mass is 10.0. The van der Waals surface area contributed by atoms with Crippen LogP contribution < -0.4 is 15.1 Å². The fourth-order valence-corrected chi connectivity index (χ4v) is 5.64. The van der Waals surface area contributed by atoms with Gasteiger partial charge < -0.3 is 15.1 Å². The molecule has 2 aromatic carbocycles. The average Bonchev–Trinajstić information content (AvgIpc) is 3.26. The summed E-state index contributed by atoms with van der Waals surface area (Å²) in [7, 11) is -3.26. The summed E-state index contributed by atoms with van der Waals surface area (Å²) in [4.78, 5) is 28.8. The third-order valence-electron chi connectivity index (χ3n) is 6.81. The van der Waals surface area contributed by atoms with E-state index in [-0.39, 0.29) is 17.0 Å². The zero-order valence-corrected chi connectivity index (χ0v) is 22.3. The van der Waals surface area contributed by atoms with E-state index in [9.17, 15) is 13.2 Å². The zero-order chi connectivity index (χ0) is 26.2. The third kappa shape index (κ3) is 5.50. The predicted molar refractivity (Wildman–Crippen MR) is 146 cm³/mol. The molecular weight excluding hydrogens is 512 g/mol. The van der Waals surface area contributed by atoms with E-state index in [0.717, 1.165) is 42.3 Å². The Morgan fingerprint density at radius 2 is 1.86 bits per heavy atom. The number of anilines is 4. The monoisotopic (exact) mass is 540 g/mol. The maximum atomic E-state index is 13.3. The molecule has 3 aromatic rings. The number of carbonyl (C=O) groups is 1. The van der Waals surface area contributed by atoms with Crippen molar-refractivity contribution >= 4 is 50.5 Å². The average molecular weight is 541 g/mol. The van der Waals surface area contributed by atoms with Crippen molar-refractivity contribution in [1.29, 1.82) is 0 Å².